The standard InChI is InChI=1S/C11H13N3O2/c1-15-11-9(3-2-5-13-11)10(14-12)8-4-6-16-7-8/h2-7,10,14H,12H2,1H3. The van der Waals surface area contributed by atoms with Crippen LogP contribution in [0.1, 0.15) is 17.2 Å². The Labute approximate surface area is 93.2 Å². The Bertz CT molecular complexity index is 442. The van der Waals surface area contributed by atoms with Crippen LogP contribution >= 0.6 is 0 Å². The number of nitrogens with one attached hydrogen (secondary N) is 1. The number of nitrogens with two attached hydrogens (primary N) is 1. The molecule has 2 rings (SSSR count). The van der Waals surface area contributed by atoms with Gasteiger partial charge in [0.2, 0.25) is 5.88 Å². The van der Waals surface area contributed by atoms with Gasteiger partial charge in [0.25, 0.3) is 0 Å². The van der Waals surface area contributed by atoms with Crippen LogP contribution in [0.15, 0.2) is 41.3 Å². The third-order valence-corrected chi connectivity index (χ3v) is 2.35. The zero-order valence-corrected chi connectivity index (χ0v) is 8.88. The number of pyridine rings is 1. The number of hydrogen-bond acceptors (Lipinski definition) is 5. The summed E-state index contributed by atoms with van der Waals surface area (Å²) in [5.74, 6) is 6.09. The zero-order chi connectivity index (χ0) is 11.4. The van der Waals surface area contributed by atoms with Crippen molar-refractivity contribution in [2.24, 2.45) is 5.84 Å². The van der Waals surface area contributed by atoms with E-state index in [2.05, 4.69) is 10.4 Å². The topological polar surface area (TPSA) is 73.3 Å². The number of aromatic nitrogens is 1. The molecule has 0 saturated heterocycles. The molecule has 0 spiro atoms. The average molecular weight is 219 g/mol. The van der Waals surface area contributed by atoms with Crippen molar-refractivity contribution in [3.8, 4) is 5.88 Å². The van der Waals surface area contributed by atoms with Crippen LogP contribution in [-0.4, -0.2) is 12.1 Å². The van der Waals surface area contributed by atoms with Gasteiger partial charge >= 0.3 is 0 Å². The van der Waals surface area contributed by atoms with E-state index < -0.39 is 0 Å². The molecule has 0 aliphatic rings. The molecule has 0 aliphatic heterocycles. The van der Waals surface area contributed by atoms with Gasteiger partial charge in [-0.3, -0.25) is 5.84 Å². The smallest absolute Gasteiger partial charge is 0.218 e. The zero-order valence-electron chi connectivity index (χ0n) is 8.88. The van der Waals surface area contributed by atoms with E-state index in [9.17, 15) is 0 Å². The molecule has 0 radical (unpaired) electrons. The Hall–Kier alpha value is -1.85. The lowest BCUT2D eigenvalue weighted by molar-refractivity contribution is 0.387. The first-order valence-electron chi connectivity index (χ1n) is 4.84. The fraction of sp³-hybridized carbons (Fsp3) is 0.182. The number of nitrogens with zero attached hydrogens (tertiary/aromatic N) is 1. The minimum atomic E-state index is -0.192. The van der Waals surface area contributed by atoms with Gasteiger partial charge < -0.3 is 9.15 Å². The minimum Gasteiger partial charge on any atom is -0.481 e. The molecule has 0 aliphatic carbocycles. The maximum Gasteiger partial charge on any atom is 0.218 e. The molecule has 2 aromatic heterocycles. The third kappa shape index (κ3) is 1.91. The quantitative estimate of drug-likeness (QED) is 0.597. The molecule has 0 fully saturated rings. The number of furan rings is 1. The number of rotatable bonds is 4. The Morgan fingerprint density at radius 1 is 1.50 bits per heavy atom. The molecule has 0 aromatic carbocycles. The second-order valence-corrected chi connectivity index (χ2v) is 3.26. The lowest BCUT2D eigenvalue weighted by atomic mass is 10.0. The molecule has 0 bridgehead atoms. The van der Waals surface area contributed by atoms with E-state index in [-0.39, 0.29) is 6.04 Å². The largest absolute Gasteiger partial charge is 0.481 e. The van der Waals surface area contributed by atoms with Gasteiger partial charge in [0.15, 0.2) is 0 Å². The Balaban J connectivity index is 2.41. The van der Waals surface area contributed by atoms with Crippen LogP contribution in [0.3, 0.4) is 0 Å². The normalized spacial score (nSPS) is 12.4. The van der Waals surface area contributed by atoms with Crippen molar-refractivity contribution in [2.45, 2.75) is 6.04 Å². The molecule has 3 N–H and O–H groups in total. The van der Waals surface area contributed by atoms with Crippen LogP contribution in [-0.2, 0) is 0 Å². The van der Waals surface area contributed by atoms with Crippen molar-refractivity contribution < 1.29 is 9.15 Å². The molecular weight excluding hydrogens is 206 g/mol. The molecular formula is C11H13N3O2. The highest BCUT2D eigenvalue weighted by molar-refractivity contribution is 5.35. The average Bonchev–Trinajstić information content (AvgIpc) is 2.84. The summed E-state index contributed by atoms with van der Waals surface area (Å²) < 4.78 is 10.2. The summed E-state index contributed by atoms with van der Waals surface area (Å²) in [6.45, 7) is 0. The maximum atomic E-state index is 5.54. The Morgan fingerprint density at radius 2 is 2.38 bits per heavy atom. The summed E-state index contributed by atoms with van der Waals surface area (Å²) in [5, 5.41) is 0. The van der Waals surface area contributed by atoms with Crippen molar-refractivity contribution in [3.05, 3.63) is 48.0 Å². The first-order valence-corrected chi connectivity index (χ1v) is 4.84. The predicted octanol–water partition coefficient (Wildman–Crippen LogP) is 1.24. The van der Waals surface area contributed by atoms with Crippen LogP contribution in [0.25, 0.3) is 0 Å². The van der Waals surface area contributed by atoms with Crippen molar-refractivity contribution in [2.75, 3.05) is 7.11 Å². The van der Waals surface area contributed by atoms with E-state index >= 15 is 0 Å². The van der Waals surface area contributed by atoms with Crippen molar-refractivity contribution >= 4 is 0 Å². The second kappa shape index (κ2) is 4.78. The highest BCUT2D eigenvalue weighted by Crippen LogP contribution is 2.27. The van der Waals surface area contributed by atoms with Gasteiger partial charge in [-0.2, -0.15) is 0 Å². The second-order valence-electron chi connectivity index (χ2n) is 3.26. The number of hydrogen-bond donors (Lipinski definition) is 2. The van der Waals surface area contributed by atoms with Crippen LogP contribution in [0.5, 0.6) is 5.88 Å². The number of methoxy groups -OCH3 is 1. The van der Waals surface area contributed by atoms with E-state index in [1.54, 1.807) is 25.8 Å². The van der Waals surface area contributed by atoms with E-state index in [0.717, 1.165) is 11.1 Å². The van der Waals surface area contributed by atoms with Crippen LogP contribution < -0.4 is 16.0 Å². The monoisotopic (exact) mass is 219 g/mol. The molecule has 5 heteroatoms. The lowest BCUT2D eigenvalue weighted by Crippen LogP contribution is -2.29. The molecule has 1 atom stereocenters. The fourth-order valence-corrected chi connectivity index (χ4v) is 1.60. The molecule has 2 aromatic rings. The summed E-state index contributed by atoms with van der Waals surface area (Å²) >= 11 is 0. The highest BCUT2D eigenvalue weighted by Gasteiger charge is 2.18. The van der Waals surface area contributed by atoms with Gasteiger partial charge in [-0.05, 0) is 12.1 Å². The number of ether oxygens (including phenoxy) is 1. The highest BCUT2D eigenvalue weighted by atomic mass is 16.5. The molecule has 84 valence electrons. The summed E-state index contributed by atoms with van der Waals surface area (Å²) in [6, 6.07) is 5.39. The number of hydrazine groups is 1. The SMILES string of the molecule is COc1ncccc1C(NN)c1ccoc1. The molecule has 0 saturated carbocycles. The van der Waals surface area contributed by atoms with Crippen LogP contribution in [0.4, 0.5) is 0 Å². The molecule has 1 unspecified atom stereocenters. The Morgan fingerprint density at radius 3 is 3.00 bits per heavy atom. The van der Waals surface area contributed by atoms with E-state index in [0.29, 0.717) is 5.88 Å². The van der Waals surface area contributed by atoms with Gasteiger partial charge in [0.05, 0.1) is 25.7 Å². The molecule has 2 heterocycles. The third-order valence-electron chi connectivity index (χ3n) is 2.35. The Kier molecular flexibility index (Phi) is 3.19. The van der Waals surface area contributed by atoms with E-state index in [1.165, 1.54) is 0 Å². The summed E-state index contributed by atoms with van der Waals surface area (Å²) in [7, 11) is 1.58. The van der Waals surface area contributed by atoms with Gasteiger partial charge in [-0.1, -0.05) is 6.07 Å². The van der Waals surface area contributed by atoms with Gasteiger partial charge in [-0.25, -0.2) is 10.4 Å². The molecule has 16 heavy (non-hydrogen) atoms. The first kappa shape index (κ1) is 10.7. The van der Waals surface area contributed by atoms with Crippen molar-refractivity contribution in [3.63, 3.8) is 0 Å². The van der Waals surface area contributed by atoms with E-state index in [4.69, 9.17) is 15.0 Å². The predicted molar refractivity (Wildman–Crippen MR) is 58.7 cm³/mol. The lowest BCUT2D eigenvalue weighted by Gasteiger charge is -2.16. The summed E-state index contributed by atoms with van der Waals surface area (Å²) in [4.78, 5) is 4.13. The van der Waals surface area contributed by atoms with Gasteiger partial charge in [0, 0.05) is 17.3 Å². The first-order chi connectivity index (χ1) is 7.86. The van der Waals surface area contributed by atoms with E-state index in [1.807, 2.05) is 18.2 Å². The van der Waals surface area contributed by atoms with Crippen LogP contribution in [0, 0.1) is 0 Å². The molecule has 5 nitrogen and oxygen atoms in total. The van der Waals surface area contributed by atoms with Crippen LogP contribution in [0.2, 0.25) is 0 Å². The van der Waals surface area contributed by atoms with Gasteiger partial charge in [0.1, 0.15) is 0 Å². The fourth-order valence-electron chi connectivity index (χ4n) is 1.60. The minimum absolute atomic E-state index is 0.192. The van der Waals surface area contributed by atoms with Gasteiger partial charge in [-0.15, -0.1) is 0 Å². The summed E-state index contributed by atoms with van der Waals surface area (Å²) in [6.07, 6.45) is 4.91. The molecule has 0 amide bonds. The van der Waals surface area contributed by atoms with Crippen molar-refractivity contribution in [1.29, 1.82) is 0 Å². The maximum absolute atomic E-state index is 5.54. The van der Waals surface area contributed by atoms with Crippen molar-refractivity contribution in [1.82, 2.24) is 10.4 Å². The summed E-state index contributed by atoms with van der Waals surface area (Å²) in [5.41, 5.74) is 4.51.